The van der Waals surface area contributed by atoms with Crippen molar-refractivity contribution >= 4 is 19.5 Å². The molecule has 1 aromatic heterocycles. The predicted molar refractivity (Wildman–Crippen MR) is 128 cm³/mol. The Hall–Kier alpha value is -2.79. The SMILES string of the molecule is CC(C)OC(=O)[C@@H](C)NP(=O)(Oc1ccccc1)O[C@H]1CC12C[C@@](C)(F)[C@H](n1ccc(N)nc1=O)O2. The van der Waals surface area contributed by atoms with Crippen LogP contribution < -0.4 is 21.0 Å². The number of nitrogens with two attached hydrogens (primary N) is 1. The normalized spacial score (nSPS) is 29.6. The van der Waals surface area contributed by atoms with Crippen LogP contribution in [0.2, 0.25) is 0 Å². The van der Waals surface area contributed by atoms with Crippen LogP contribution in [-0.2, 0) is 23.4 Å². The van der Waals surface area contributed by atoms with Gasteiger partial charge in [-0.25, -0.2) is 13.8 Å². The zero-order chi connectivity index (χ0) is 26.3. The van der Waals surface area contributed by atoms with E-state index in [1.54, 1.807) is 44.2 Å². The van der Waals surface area contributed by atoms with Crippen LogP contribution in [0.5, 0.6) is 5.75 Å². The Morgan fingerprint density at radius 1 is 1.31 bits per heavy atom. The van der Waals surface area contributed by atoms with Crippen LogP contribution in [0.3, 0.4) is 0 Å². The van der Waals surface area contributed by atoms with Gasteiger partial charge < -0.3 is 19.7 Å². The van der Waals surface area contributed by atoms with Crippen molar-refractivity contribution in [2.45, 2.75) is 76.3 Å². The summed E-state index contributed by atoms with van der Waals surface area (Å²) in [5.41, 5.74) is 1.69. The van der Waals surface area contributed by atoms with Gasteiger partial charge in [0, 0.05) is 19.0 Å². The molecule has 1 saturated carbocycles. The number of para-hydroxylation sites is 1. The summed E-state index contributed by atoms with van der Waals surface area (Å²) >= 11 is 0. The number of carbonyl (C=O) groups is 1. The van der Waals surface area contributed by atoms with Gasteiger partial charge in [-0.1, -0.05) is 18.2 Å². The van der Waals surface area contributed by atoms with E-state index in [4.69, 9.17) is 24.3 Å². The molecule has 1 saturated heterocycles. The van der Waals surface area contributed by atoms with Gasteiger partial charge >= 0.3 is 19.4 Å². The maximum absolute atomic E-state index is 15.6. The number of carbonyl (C=O) groups excluding carboxylic acids is 1. The molecule has 0 radical (unpaired) electrons. The summed E-state index contributed by atoms with van der Waals surface area (Å²) in [5.74, 6) is -0.389. The number of ether oxygens (including phenoxy) is 2. The molecule has 0 amide bonds. The van der Waals surface area contributed by atoms with Crippen molar-refractivity contribution in [1.29, 1.82) is 0 Å². The third-order valence-corrected chi connectivity index (χ3v) is 7.55. The number of halogens is 1. The lowest BCUT2D eigenvalue weighted by Crippen LogP contribution is -2.36. The Bertz CT molecular complexity index is 1220. The maximum atomic E-state index is 15.6. The van der Waals surface area contributed by atoms with Crippen LogP contribution in [0, 0.1) is 0 Å². The summed E-state index contributed by atoms with van der Waals surface area (Å²) in [6, 6.07) is 8.64. The molecule has 13 heteroatoms. The molecular formula is C23H30FN4O7P. The van der Waals surface area contributed by atoms with Crippen molar-refractivity contribution in [2.24, 2.45) is 0 Å². The average Bonchev–Trinajstić information content (AvgIpc) is 3.32. The molecule has 1 aromatic carbocycles. The number of hydrogen-bond donors (Lipinski definition) is 2. The van der Waals surface area contributed by atoms with E-state index in [0.717, 1.165) is 4.57 Å². The van der Waals surface area contributed by atoms with Gasteiger partial charge in [-0.3, -0.25) is 13.9 Å². The number of nitrogens with one attached hydrogen (secondary N) is 1. The second kappa shape index (κ2) is 9.59. The highest BCUT2D eigenvalue weighted by atomic mass is 31.2. The summed E-state index contributed by atoms with van der Waals surface area (Å²) in [6.07, 6.45) is -1.09. The van der Waals surface area contributed by atoms with Gasteiger partial charge in [0.1, 0.15) is 29.3 Å². The van der Waals surface area contributed by atoms with E-state index >= 15 is 4.39 Å². The molecule has 4 rings (SSSR count). The first-order valence-corrected chi connectivity index (χ1v) is 13.1. The summed E-state index contributed by atoms with van der Waals surface area (Å²) in [4.78, 5) is 28.3. The van der Waals surface area contributed by atoms with Crippen LogP contribution in [0.1, 0.15) is 46.8 Å². The predicted octanol–water partition coefficient (Wildman–Crippen LogP) is 3.12. The molecule has 3 N–H and O–H groups in total. The van der Waals surface area contributed by atoms with Gasteiger partial charge in [0.05, 0.1) is 6.10 Å². The standard InChI is InChI=1S/C23H30FN4O7P/c1-14(2)32-19(29)15(3)27-36(31,34-16-8-6-5-7-9-16)35-17-12-23(17)13-22(4,24)20(33-23)28-11-10-18(25)26-21(28)30/h5-11,14-15,17,20H,12-13H2,1-4H3,(H,27,31)(H2,25,26,30)/t15-,17+,20-,22-,23?,36?/m1/s1. The number of alkyl halides is 1. The first-order chi connectivity index (χ1) is 16.8. The van der Waals surface area contributed by atoms with Gasteiger partial charge in [-0.15, -0.1) is 0 Å². The molecule has 196 valence electrons. The molecule has 1 aliphatic carbocycles. The van der Waals surface area contributed by atoms with E-state index in [9.17, 15) is 14.2 Å². The highest BCUT2D eigenvalue weighted by Gasteiger charge is 2.70. The number of nitrogen functional groups attached to an aromatic ring is 1. The number of rotatable bonds is 9. The fraction of sp³-hybridized carbons (Fsp3) is 0.522. The number of esters is 1. The summed E-state index contributed by atoms with van der Waals surface area (Å²) in [5, 5.41) is 2.61. The third-order valence-electron chi connectivity index (χ3n) is 5.86. The minimum absolute atomic E-state index is 0.00680. The molecule has 0 bridgehead atoms. The van der Waals surface area contributed by atoms with E-state index in [-0.39, 0.29) is 30.5 Å². The molecule has 2 heterocycles. The van der Waals surface area contributed by atoms with Crippen molar-refractivity contribution in [3.05, 3.63) is 53.1 Å². The van der Waals surface area contributed by atoms with E-state index in [2.05, 4.69) is 10.1 Å². The van der Waals surface area contributed by atoms with E-state index < -0.39 is 49.0 Å². The zero-order valence-electron chi connectivity index (χ0n) is 20.4. The van der Waals surface area contributed by atoms with Gasteiger partial charge in [-0.05, 0) is 45.9 Å². The molecule has 2 fully saturated rings. The van der Waals surface area contributed by atoms with Gasteiger partial charge in [0.15, 0.2) is 11.9 Å². The fourth-order valence-corrected chi connectivity index (χ4v) is 5.94. The zero-order valence-corrected chi connectivity index (χ0v) is 21.3. The highest BCUT2D eigenvalue weighted by molar-refractivity contribution is 7.52. The smallest absolute Gasteiger partial charge is 0.459 e. The number of hydrogen-bond acceptors (Lipinski definition) is 9. The Labute approximate surface area is 207 Å². The molecular weight excluding hydrogens is 494 g/mol. The molecule has 2 unspecified atom stereocenters. The lowest BCUT2D eigenvalue weighted by Gasteiger charge is -2.24. The number of benzene rings is 1. The molecule has 1 aliphatic heterocycles. The van der Waals surface area contributed by atoms with E-state index in [1.165, 1.54) is 26.1 Å². The first kappa shape index (κ1) is 26.3. The van der Waals surface area contributed by atoms with Crippen molar-refractivity contribution in [1.82, 2.24) is 14.6 Å². The van der Waals surface area contributed by atoms with E-state index in [0.29, 0.717) is 0 Å². The topological polar surface area (TPSA) is 144 Å². The fourth-order valence-electron chi connectivity index (χ4n) is 4.20. The van der Waals surface area contributed by atoms with Crippen molar-refractivity contribution in [3.63, 3.8) is 0 Å². The van der Waals surface area contributed by atoms with Crippen molar-refractivity contribution in [3.8, 4) is 5.75 Å². The van der Waals surface area contributed by atoms with Crippen LogP contribution in [-0.4, -0.2) is 45.0 Å². The minimum Gasteiger partial charge on any atom is -0.462 e. The van der Waals surface area contributed by atoms with Crippen LogP contribution in [0.4, 0.5) is 10.2 Å². The van der Waals surface area contributed by atoms with Crippen LogP contribution in [0.25, 0.3) is 0 Å². The summed E-state index contributed by atoms with van der Waals surface area (Å²) in [7, 11) is -4.17. The second-order valence-electron chi connectivity index (χ2n) is 9.57. The Kier molecular flexibility index (Phi) is 7.00. The molecule has 1 spiro atoms. The van der Waals surface area contributed by atoms with Crippen molar-refractivity contribution in [2.75, 3.05) is 5.73 Å². The second-order valence-corrected chi connectivity index (χ2v) is 11.2. The lowest BCUT2D eigenvalue weighted by atomic mass is 10.0. The molecule has 2 aromatic rings. The highest BCUT2D eigenvalue weighted by Crippen LogP contribution is 2.63. The quantitative estimate of drug-likeness (QED) is 0.371. The molecule has 11 nitrogen and oxygen atoms in total. The monoisotopic (exact) mass is 524 g/mol. The number of aromatic nitrogens is 2. The lowest BCUT2D eigenvalue weighted by molar-refractivity contribution is -0.149. The maximum Gasteiger partial charge on any atom is 0.459 e. The van der Waals surface area contributed by atoms with E-state index in [1.807, 2.05) is 0 Å². The third kappa shape index (κ3) is 5.62. The summed E-state index contributed by atoms with van der Waals surface area (Å²) < 4.78 is 53.1. The Morgan fingerprint density at radius 3 is 2.64 bits per heavy atom. The van der Waals surface area contributed by atoms with Crippen LogP contribution >= 0.6 is 7.75 Å². The average molecular weight is 524 g/mol. The molecule has 36 heavy (non-hydrogen) atoms. The molecule has 6 atom stereocenters. The van der Waals surface area contributed by atoms with Crippen LogP contribution in [0.15, 0.2) is 47.4 Å². The minimum atomic E-state index is -4.17. The number of anilines is 1. The number of nitrogens with zero attached hydrogens (tertiary/aromatic N) is 2. The Morgan fingerprint density at radius 2 is 2.00 bits per heavy atom. The van der Waals surface area contributed by atoms with Gasteiger partial charge in [0.2, 0.25) is 0 Å². The Balaban J connectivity index is 1.53. The summed E-state index contributed by atoms with van der Waals surface area (Å²) in [6.45, 7) is 6.17. The largest absolute Gasteiger partial charge is 0.462 e. The first-order valence-electron chi connectivity index (χ1n) is 11.6. The van der Waals surface area contributed by atoms with Gasteiger partial charge in [-0.2, -0.15) is 10.1 Å². The molecule has 2 aliphatic rings. The van der Waals surface area contributed by atoms with Gasteiger partial charge in [0.25, 0.3) is 0 Å². The van der Waals surface area contributed by atoms with Crippen molar-refractivity contribution < 1.29 is 32.3 Å².